The highest BCUT2D eigenvalue weighted by atomic mass is 32.1. The van der Waals surface area contributed by atoms with Gasteiger partial charge in [-0.15, -0.1) is 11.3 Å². The Morgan fingerprint density at radius 2 is 2.20 bits per heavy atom. The van der Waals surface area contributed by atoms with Crippen molar-refractivity contribution in [1.82, 2.24) is 5.32 Å². The highest BCUT2D eigenvalue weighted by Gasteiger charge is 2.21. The van der Waals surface area contributed by atoms with Crippen molar-refractivity contribution in [3.05, 3.63) is 39.9 Å². The van der Waals surface area contributed by atoms with Crippen LogP contribution in [0.4, 0.5) is 5.69 Å². The molecule has 0 atom stereocenters. The maximum Gasteiger partial charge on any atom is 0.258 e. The molecule has 3 rings (SSSR count). The summed E-state index contributed by atoms with van der Waals surface area (Å²) in [6.45, 7) is 0. The van der Waals surface area contributed by atoms with Crippen molar-refractivity contribution in [2.75, 3.05) is 5.32 Å². The molecule has 0 unspecified atom stereocenters. The lowest BCUT2D eigenvalue weighted by Crippen LogP contribution is -2.22. The highest BCUT2D eigenvalue weighted by Crippen LogP contribution is 2.28. The summed E-state index contributed by atoms with van der Waals surface area (Å²) in [7, 11) is 0. The van der Waals surface area contributed by atoms with E-state index >= 15 is 0 Å². The SMILES string of the molecule is O=C1NC2=C(CCC=C2)Nc2cscc21. The minimum atomic E-state index is -0.0182. The number of thiophene rings is 1. The van der Waals surface area contributed by atoms with E-state index in [1.54, 1.807) is 11.3 Å². The molecule has 0 radical (unpaired) electrons. The van der Waals surface area contributed by atoms with E-state index in [9.17, 15) is 4.79 Å². The number of nitrogens with one attached hydrogen (secondary N) is 2. The maximum atomic E-state index is 11.8. The first-order valence-electron chi connectivity index (χ1n) is 4.89. The van der Waals surface area contributed by atoms with Gasteiger partial charge in [-0.3, -0.25) is 4.79 Å². The summed E-state index contributed by atoms with van der Waals surface area (Å²) in [6, 6.07) is 0. The van der Waals surface area contributed by atoms with E-state index in [0.717, 1.165) is 35.5 Å². The monoisotopic (exact) mass is 218 g/mol. The molecule has 3 nitrogen and oxygen atoms in total. The van der Waals surface area contributed by atoms with Crippen LogP contribution < -0.4 is 10.6 Å². The van der Waals surface area contributed by atoms with Crippen LogP contribution in [0.15, 0.2) is 34.3 Å². The van der Waals surface area contributed by atoms with Gasteiger partial charge in [0.2, 0.25) is 0 Å². The number of hydrogen-bond acceptors (Lipinski definition) is 3. The molecule has 76 valence electrons. The van der Waals surface area contributed by atoms with Gasteiger partial charge in [-0.2, -0.15) is 0 Å². The molecule has 0 bridgehead atoms. The van der Waals surface area contributed by atoms with Crippen molar-refractivity contribution in [2.24, 2.45) is 0 Å². The molecule has 2 N–H and O–H groups in total. The Hall–Kier alpha value is -1.55. The molecular weight excluding hydrogens is 208 g/mol. The zero-order valence-corrected chi connectivity index (χ0v) is 8.86. The standard InChI is InChI=1S/C11H10N2OS/c14-11-7-5-15-6-10(7)12-8-3-1-2-4-9(8)13-11/h2,4-6,12H,1,3H2,(H,13,14). The summed E-state index contributed by atoms with van der Waals surface area (Å²) in [5, 5.41) is 10.1. The fourth-order valence-electron chi connectivity index (χ4n) is 1.83. The molecule has 0 fully saturated rings. The van der Waals surface area contributed by atoms with Crippen LogP contribution in [0.5, 0.6) is 0 Å². The molecule has 0 saturated carbocycles. The van der Waals surface area contributed by atoms with Crippen molar-refractivity contribution in [3.63, 3.8) is 0 Å². The summed E-state index contributed by atoms with van der Waals surface area (Å²) in [4.78, 5) is 11.8. The third kappa shape index (κ3) is 1.37. The number of rotatable bonds is 0. The van der Waals surface area contributed by atoms with Gasteiger partial charge in [0.15, 0.2) is 0 Å². The Kier molecular flexibility index (Phi) is 1.89. The number of amides is 1. The van der Waals surface area contributed by atoms with Crippen LogP contribution in [-0.4, -0.2) is 5.91 Å². The average Bonchev–Trinajstić information content (AvgIpc) is 2.64. The Morgan fingerprint density at radius 3 is 3.13 bits per heavy atom. The van der Waals surface area contributed by atoms with Crippen LogP contribution in [0.3, 0.4) is 0 Å². The quantitative estimate of drug-likeness (QED) is 0.702. The van der Waals surface area contributed by atoms with E-state index in [4.69, 9.17) is 0 Å². The van der Waals surface area contributed by atoms with Gasteiger partial charge in [0.1, 0.15) is 0 Å². The van der Waals surface area contributed by atoms with Gasteiger partial charge in [0.05, 0.1) is 16.9 Å². The van der Waals surface area contributed by atoms with Gasteiger partial charge in [-0.1, -0.05) is 6.08 Å². The van der Waals surface area contributed by atoms with Crippen molar-refractivity contribution in [2.45, 2.75) is 12.8 Å². The zero-order chi connectivity index (χ0) is 10.3. The smallest absolute Gasteiger partial charge is 0.258 e. The van der Waals surface area contributed by atoms with Gasteiger partial charge in [-0.25, -0.2) is 0 Å². The van der Waals surface area contributed by atoms with E-state index in [0.29, 0.717) is 0 Å². The molecule has 0 spiro atoms. The lowest BCUT2D eigenvalue weighted by molar-refractivity contribution is 0.0969. The van der Waals surface area contributed by atoms with Crippen LogP contribution in [0.1, 0.15) is 23.2 Å². The van der Waals surface area contributed by atoms with Crippen molar-refractivity contribution in [1.29, 1.82) is 0 Å². The van der Waals surface area contributed by atoms with Crippen LogP contribution in [0.2, 0.25) is 0 Å². The largest absolute Gasteiger partial charge is 0.356 e. The van der Waals surface area contributed by atoms with Gasteiger partial charge in [0, 0.05) is 16.5 Å². The topological polar surface area (TPSA) is 41.1 Å². The second kappa shape index (κ2) is 3.24. The third-order valence-electron chi connectivity index (χ3n) is 2.61. The number of anilines is 1. The molecule has 2 heterocycles. The minimum absolute atomic E-state index is 0.0182. The minimum Gasteiger partial charge on any atom is -0.356 e. The predicted molar refractivity (Wildman–Crippen MR) is 60.8 cm³/mol. The predicted octanol–water partition coefficient (Wildman–Crippen LogP) is 2.46. The van der Waals surface area contributed by atoms with E-state index in [1.807, 2.05) is 16.8 Å². The van der Waals surface area contributed by atoms with E-state index in [1.165, 1.54) is 0 Å². The van der Waals surface area contributed by atoms with Crippen molar-refractivity contribution < 1.29 is 4.79 Å². The van der Waals surface area contributed by atoms with E-state index in [2.05, 4.69) is 16.7 Å². The number of allylic oxidation sites excluding steroid dienone is 3. The number of carbonyl (C=O) groups is 1. The Balaban J connectivity index is 2.08. The van der Waals surface area contributed by atoms with Crippen molar-refractivity contribution in [3.8, 4) is 0 Å². The first-order chi connectivity index (χ1) is 7.34. The summed E-state index contributed by atoms with van der Waals surface area (Å²) in [5.74, 6) is -0.0182. The normalized spacial score (nSPS) is 18.8. The van der Waals surface area contributed by atoms with Crippen molar-refractivity contribution >= 4 is 22.9 Å². The molecule has 1 aliphatic heterocycles. The molecule has 0 aromatic carbocycles. The average molecular weight is 218 g/mol. The highest BCUT2D eigenvalue weighted by molar-refractivity contribution is 7.08. The summed E-state index contributed by atoms with van der Waals surface area (Å²) < 4.78 is 0. The lowest BCUT2D eigenvalue weighted by Gasteiger charge is -2.14. The number of hydrogen-bond donors (Lipinski definition) is 2. The fourth-order valence-corrected chi connectivity index (χ4v) is 2.59. The van der Waals surface area contributed by atoms with E-state index in [-0.39, 0.29) is 5.91 Å². The van der Waals surface area contributed by atoms with Crippen LogP contribution in [-0.2, 0) is 0 Å². The van der Waals surface area contributed by atoms with Gasteiger partial charge in [-0.05, 0) is 18.9 Å². The lowest BCUT2D eigenvalue weighted by atomic mass is 10.1. The Morgan fingerprint density at radius 1 is 1.27 bits per heavy atom. The number of fused-ring (bicyclic) bond motifs is 1. The first-order valence-corrected chi connectivity index (χ1v) is 5.83. The zero-order valence-electron chi connectivity index (χ0n) is 8.04. The fraction of sp³-hybridized carbons (Fsp3) is 0.182. The van der Waals surface area contributed by atoms with Crippen LogP contribution in [0.25, 0.3) is 0 Å². The maximum absolute atomic E-state index is 11.8. The van der Waals surface area contributed by atoms with Gasteiger partial charge < -0.3 is 10.6 Å². The summed E-state index contributed by atoms with van der Waals surface area (Å²) in [6.07, 6.45) is 6.04. The second-order valence-corrected chi connectivity index (χ2v) is 4.36. The Bertz CT molecular complexity index is 485. The van der Waals surface area contributed by atoms with Crippen LogP contribution in [0, 0.1) is 0 Å². The molecule has 1 amide bonds. The summed E-state index contributed by atoms with van der Waals surface area (Å²) in [5.41, 5.74) is 3.69. The number of carbonyl (C=O) groups excluding carboxylic acids is 1. The second-order valence-electron chi connectivity index (χ2n) is 3.61. The van der Waals surface area contributed by atoms with Crippen LogP contribution >= 0.6 is 11.3 Å². The van der Waals surface area contributed by atoms with Gasteiger partial charge >= 0.3 is 0 Å². The molecule has 1 aromatic rings. The molecular formula is C11H10N2OS. The molecule has 0 saturated heterocycles. The molecule has 1 aromatic heterocycles. The summed E-state index contributed by atoms with van der Waals surface area (Å²) >= 11 is 1.54. The molecule has 15 heavy (non-hydrogen) atoms. The van der Waals surface area contributed by atoms with Gasteiger partial charge in [0.25, 0.3) is 5.91 Å². The van der Waals surface area contributed by atoms with E-state index < -0.39 is 0 Å². The Labute approximate surface area is 91.5 Å². The molecule has 4 heteroatoms. The molecule has 1 aliphatic carbocycles. The molecule has 2 aliphatic rings. The third-order valence-corrected chi connectivity index (χ3v) is 3.35. The first kappa shape index (κ1) is 8.73.